The maximum Gasteiger partial charge on any atom is 0.354 e. The first kappa shape index (κ1) is 41.5. The molecule has 4 aromatic heterocycles. The van der Waals surface area contributed by atoms with Crippen LogP contribution in [0.1, 0.15) is 72.3 Å². The summed E-state index contributed by atoms with van der Waals surface area (Å²) in [5.41, 5.74) is 7.32. The Hall–Kier alpha value is -6.24. The molecule has 0 radical (unpaired) electrons. The van der Waals surface area contributed by atoms with E-state index in [2.05, 4.69) is 40.4 Å². The fourth-order valence-corrected chi connectivity index (χ4v) is 8.55. The van der Waals surface area contributed by atoms with Gasteiger partial charge in [0, 0.05) is 64.8 Å². The van der Waals surface area contributed by atoms with Gasteiger partial charge in [0.1, 0.15) is 17.3 Å². The van der Waals surface area contributed by atoms with Crippen LogP contribution in [-0.2, 0) is 9.47 Å². The lowest BCUT2D eigenvalue weighted by Gasteiger charge is -2.35. The number of nitrogens with two attached hydrogens (primary N) is 1. The first-order chi connectivity index (χ1) is 29.7. The van der Waals surface area contributed by atoms with E-state index in [1.54, 1.807) is 64.7 Å². The van der Waals surface area contributed by atoms with Crippen molar-refractivity contribution in [2.75, 3.05) is 76.2 Å². The zero-order valence-electron chi connectivity index (χ0n) is 33.9. The molecule has 0 aromatic carbocycles. The summed E-state index contributed by atoms with van der Waals surface area (Å²) in [4.78, 5) is 74.6. The molecule has 6 aliphatic rings. The minimum absolute atomic E-state index is 0.00805. The Morgan fingerprint density at radius 3 is 1.67 bits per heavy atom. The zero-order chi connectivity index (χ0) is 42.3. The maximum absolute atomic E-state index is 13.1. The second kappa shape index (κ2) is 19.0. The number of aromatic nitrogens is 4. The number of ketones is 1. The number of carbonyl (C=O) groups excluding carboxylic acids is 3. The van der Waals surface area contributed by atoms with Crippen LogP contribution in [0.5, 0.6) is 0 Å². The summed E-state index contributed by atoms with van der Waals surface area (Å²) < 4.78 is 10.8. The number of ether oxygens (including phenoxy) is 2. The minimum atomic E-state index is -1.11. The number of carbonyl (C=O) groups is 4. The maximum atomic E-state index is 13.1. The second-order valence-electron chi connectivity index (χ2n) is 15.7. The van der Waals surface area contributed by atoms with Gasteiger partial charge in [-0.15, -0.1) is 0 Å². The number of pyridine rings is 4. The van der Waals surface area contributed by atoms with E-state index in [1.807, 2.05) is 12.1 Å². The summed E-state index contributed by atoms with van der Waals surface area (Å²) in [5, 5.41) is 14.8. The molecule has 0 unspecified atom stereocenters. The molecule has 4 atom stereocenters. The van der Waals surface area contributed by atoms with Gasteiger partial charge in [-0.2, -0.15) is 0 Å². The summed E-state index contributed by atoms with van der Waals surface area (Å²) in [6, 6.07) is 16.9. The number of amides is 4. The van der Waals surface area contributed by atoms with Crippen LogP contribution in [0.25, 0.3) is 0 Å². The molecule has 10 rings (SSSR count). The third kappa shape index (κ3) is 9.56. The molecular formula is C43H51N11O7. The quantitative estimate of drug-likeness (QED) is 0.168. The fourth-order valence-electron chi connectivity index (χ4n) is 8.55. The Kier molecular flexibility index (Phi) is 12.9. The number of carboxylic acids is 1. The summed E-state index contributed by atoms with van der Waals surface area (Å²) in [6.07, 6.45) is 11.0. The normalized spacial score (nSPS) is 21.7. The topological polar surface area (TPSA) is 222 Å². The monoisotopic (exact) mass is 833 g/mol. The molecule has 320 valence electrons. The molecule has 18 heteroatoms. The van der Waals surface area contributed by atoms with Gasteiger partial charge in [0.2, 0.25) is 0 Å². The molecule has 4 bridgehead atoms. The highest BCUT2D eigenvalue weighted by Crippen LogP contribution is 2.40. The van der Waals surface area contributed by atoms with Gasteiger partial charge < -0.3 is 30.1 Å². The Bertz CT molecular complexity index is 2190. The smallest absolute Gasteiger partial charge is 0.354 e. The van der Waals surface area contributed by atoms with Crippen LogP contribution >= 0.6 is 0 Å². The molecule has 18 nitrogen and oxygen atoms in total. The molecular weight excluding hydrogens is 783 g/mol. The Labute approximate surface area is 353 Å². The first-order valence-electron chi connectivity index (χ1n) is 21.0. The molecule has 0 spiro atoms. The van der Waals surface area contributed by atoms with Crippen LogP contribution in [0.2, 0.25) is 0 Å². The number of hydrogen-bond acceptors (Lipinski definition) is 13. The number of aromatic carboxylic acids is 1. The van der Waals surface area contributed by atoms with E-state index < -0.39 is 5.97 Å². The van der Waals surface area contributed by atoms with Gasteiger partial charge in [-0.3, -0.25) is 25.2 Å². The van der Waals surface area contributed by atoms with Crippen LogP contribution in [0.15, 0.2) is 73.1 Å². The minimum Gasteiger partial charge on any atom is -0.477 e. The number of anilines is 6. The number of nitrogens with zero attached hydrogens (tertiary/aromatic N) is 8. The summed E-state index contributed by atoms with van der Waals surface area (Å²) in [6.45, 7) is 5.58. The number of hydrogen-bond donors (Lipinski definition) is 4. The summed E-state index contributed by atoms with van der Waals surface area (Å²) in [7, 11) is 0. The van der Waals surface area contributed by atoms with Gasteiger partial charge in [0.15, 0.2) is 23.1 Å². The van der Waals surface area contributed by atoms with Gasteiger partial charge in [-0.05, 0) is 93.5 Å². The number of urea groups is 2. The van der Waals surface area contributed by atoms with E-state index in [4.69, 9.17) is 15.2 Å². The number of fused-ring (bicyclic) bond motifs is 8. The number of nitrogens with one attached hydrogen (secondary N) is 2. The van der Waals surface area contributed by atoms with E-state index in [0.717, 1.165) is 89.3 Å². The fraction of sp³-hybridized carbons (Fsp3) is 0.442. The van der Waals surface area contributed by atoms with E-state index in [-0.39, 0.29) is 41.7 Å². The van der Waals surface area contributed by atoms with Crippen molar-refractivity contribution in [1.82, 2.24) is 19.9 Å². The SMILES string of the molecule is NC[C@@H]1CCCO1.O=C(CC[C@@H]1CCCO1)c1ccc2c(n1)N(C(=O)Nc1ccccn1)[C@H]1CCN2C1.O=C(O)c1ccc2c(n1)N(C(=O)Nc1ccccn1)[C@H]1CCN2C1. The van der Waals surface area contributed by atoms with Crippen molar-refractivity contribution in [2.24, 2.45) is 5.73 Å². The highest BCUT2D eigenvalue weighted by Gasteiger charge is 2.42. The third-order valence-corrected chi connectivity index (χ3v) is 11.7. The molecule has 61 heavy (non-hydrogen) atoms. The van der Waals surface area contributed by atoms with Crippen LogP contribution in [0.3, 0.4) is 0 Å². The molecule has 4 saturated heterocycles. The summed E-state index contributed by atoms with van der Waals surface area (Å²) >= 11 is 0. The lowest BCUT2D eigenvalue weighted by atomic mass is 10.1. The van der Waals surface area contributed by atoms with Gasteiger partial charge in [0.05, 0.1) is 35.7 Å². The van der Waals surface area contributed by atoms with Gasteiger partial charge in [-0.1, -0.05) is 12.1 Å². The molecule has 0 aliphatic carbocycles. The Balaban J connectivity index is 0.000000148. The number of Topliss-reactive ketones (excluding diaryl/α,β-unsaturated/α-hetero) is 1. The highest BCUT2D eigenvalue weighted by molar-refractivity contribution is 6.06. The molecule has 5 N–H and O–H groups in total. The lowest BCUT2D eigenvalue weighted by molar-refractivity contribution is 0.0690. The largest absolute Gasteiger partial charge is 0.477 e. The standard InChI is InChI=1S/C22H25N5O3.C16H15N5O3.C5H11NO/c28-19(9-6-16-4-3-13-30-16)17-7-8-18-21(24-17)27(15-10-12-26(18)14-15)22(29)25-20-5-1-2-11-23-20;22-15(23)11-4-5-12-14(18-11)21(10-6-8-20(12)9-10)16(24)19-13-3-1-2-7-17-13;6-4-5-2-1-3-7-5/h1-2,5,7-8,11,15-16H,3-4,6,9-10,12-14H2,(H,23,25,29);1-5,7,10H,6,8-9H2,(H,22,23)(H,17,19,24);5H,1-4,6H2/t15-,16-;10-;5-/m000/s1. The molecule has 6 aliphatic heterocycles. The van der Waals surface area contributed by atoms with E-state index in [1.165, 1.54) is 12.5 Å². The molecule has 4 amide bonds. The summed E-state index contributed by atoms with van der Waals surface area (Å²) in [5.74, 6) is 0.756. The zero-order valence-corrected chi connectivity index (χ0v) is 33.9. The van der Waals surface area contributed by atoms with Crippen LogP contribution in [-0.4, -0.2) is 119 Å². The Morgan fingerprint density at radius 1 is 0.689 bits per heavy atom. The molecule has 4 aromatic rings. The highest BCUT2D eigenvalue weighted by atomic mass is 16.5. The van der Waals surface area contributed by atoms with Crippen LogP contribution in [0.4, 0.5) is 44.2 Å². The van der Waals surface area contributed by atoms with Crippen molar-refractivity contribution in [1.29, 1.82) is 0 Å². The predicted octanol–water partition coefficient (Wildman–Crippen LogP) is 5.18. The van der Waals surface area contributed by atoms with E-state index in [9.17, 15) is 24.3 Å². The Morgan fingerprint density at radius 2 is 1.21 bits per heavy atom. The van der Waals surface area contributed by atoms with E-state index in [0.29, 0.717) is 48.0 Å². The third-order valence-electron chi connectivity index (χ3n) is 11.7. The van der Waals surface area contributed by atoms with E-state index >= 15 is 0 Å². The first-order valence-corrected chi connectivity index (χ1v) is 21.0. The van der Waals surface area contributed by atoms with Gasteiger partial charge in [0.25, 0.3) is 0 Å². The number of carboxylic acid groups (broad SMARTS) is 1. The average Bonchev–Trinajstić information content (AvgIpc) is 4.14. The van der Waals surface area contributed by atoms with Gasteiger partial charge in [-0.25, -0.2) is 34.3 Å². The predicted molar refractivity (Wildman–Crippen MR) is 229 cm³/mol. The number of rotatable bonds is 8. The van der Waals surface area contributed by atoms with Crippen molar-refractivity contribution in [2.45, 2.75) is 75.7 Å². The van der Waals surface area contributed by atoms with Crippen LogP contribution < -0.4 is 36.0 Å². The average molecular weight is 834 g/mol. The molecule has 0 saturated carbocycles. The lowest BCUT2D eigenvalue weighted by Crippen LogP contribution is -2.48. The second-order valence-corrected chi connectivity index (χ2v) is 15.7. The van der Waals surface area contributed by atoms with Crippen molar-refractivity contribution < 1.29 is 33.8 Å². The van der Waals surface area contributed by atoms with Crippen molar-refractivity contribution >= 4 is 58.5 Å². The van der Waals surface area contributed by atoms with Crippen molar-refractivity contribution in [3.05, 3.63) is 84.4 Å². The van der Waals surface area contributed by atoms with Gasteiger partial charge >= 0.3 is 18.0 Å². The molecule has 10 heterocycles. The van der Waals surface area contributed by atoms with Crippen molar-refractivity contribution in [3.8, 4) is 0 Å². The van der Waals surface area contributed by atoms with Crippen LogP contribution in [0, 0.1) is 0 Å². The van der Waals surface area contributed by atoms with Crippen molar-refractivity contribution in [3.63, 3.8) is 0 Å². The molecule has 4 fully saturated rings.